The zero-order valence-electron chi connectivity index (χ0n) is 24.4. The summed E-state index contributed by atoms with van der Waals surface area (Å²) >= 11 is 8.85. The molecule has 5 rings (SSSR count). The number of rotatable bonds is 12. The number of ether oxygens (including phenoxy) is 2. The zero-order valence-corrected chi connectivity index (χ0v) is 26.7. The zero-order chi connectivity index (χ0) is 32.5. The third kappa shape index (κ3) is 8.02. The van der Waals surface area contributed by atoms with Crippen LogP contribution in [0.25, 0.3) is 26.5 Å². The van der Waals surface area contributed by atoms with Gasteiger partial charge in [0.2, 0.25) is 5.69 Å². The molecule has 0 spiro atoms. The van der Waals surface area contributed by atoms with E-state index in [9.17, 15) is 10.1 Å². The molecule has 0 amide bonds. The van der Waals surface area contributed by atoms with Crippen LogP contribution >= 0.6 is 34.7 Å². The van der Waals surface area contributed by atoms with E-state index in [0.29, 0.717) is 39.1 Å². The summed E-state index contributed by atoms with van der Waals surface area (Å²) in [6, 6.07) is 25.3. The van der Waals surface area contributed by atoms with Gasteiger partial charge in [-0.2, -0.15) is 5.26 Å². The smallest absolute Gasteiger partial charge is 0.323 e. The molecule has 2 aromatic heterocycles. The molecule has 1 atom stereocenters. The van der Waals surface area contributed by atoms with Gasteiger partial charge < -0.3 is 20.9 Å². The summed E-state index contributed by atoms with van der Waals surface area (Å²) in [6.45, 7) is 7.89. The fourth-order valence-corrected chi connectivity index (χ4v) is 6.44. The predicted octanol–water partition coefficient (Wildman–Crippen LogP) is 7.31. The van der Waals surface area contributed by atoms with Crippen molar-refractivity contribution in [1.82, 2.24) is 9.97 Å². The quantitative estimate of drug-likeness (QED) is 0.0606. The number of thioether (sulfide) groups is 1. The van der Waals surface area contributed by atoms with Gasteiger partial charge >= 0.3 is 5.97 Å². The molecule has 5 aromatic rings. The maximum absolute atomic E-state index is 12.3. The predicted molar refractivity (Wildman–Crippen MR) is 182 cm³/mol. The third-order valence-corrected chi connectivity index (χ3v) is 8.93. The lowest BCUT2D eigenvalue weighted by molar-refractivity contribution is -0.145. The number of nitriles is 1. The summed E-state index contributed by atoms with van der Waals surface area (Å²) in [5.74, 6) is 0.516. The Morgan fingerprint density at radius 3 is 2.46 bits per heavy atom. The van der Waals surface area contributed by atoms with E-state index in [4.69, 9.17) is 44.1 Å². The summed E-state index contributed by atoms with van der Waals surface area (Å²) < 4.78 is 11.0. The minimum atomic E-state index is -0.767. The Hall–Kier alpha value is -4.91. The highest BCUT2D eigenvalue weighted by Gasteiger charge is 2.21. The van der Waals surface area contributed by atoms with Gasteiger partial charge in [-0.3, -0.25) is 4.79 Å². The number of carbonyl (C=O) groups excluding carboxylic acids is 1. The number of anilines is 1. The largest absolute Gasteiger partial charge is 0.490 e. The third-order valence-electron chi connectivity index (χ3n) is 6.73. The van der Waals surface area contributed by atoms with Crippen molar-refractivity contribution in [2.24, 2.45) is 5.73 Å². The Bertz CT molecular complexity index is 1900. The van der Waals surface area contributed by atoms with E-state index in [2.05, 4.69) is 15.9 Å². The number of nitrogens with zero attached hydrogens (tertiary/aromatic N) is 4. The van der Waals surface area contributed by atoms with Crippen molar-refractivity contribution >= 4 is 52.2 Å². The highest BCUT2D eigenvalue weighted by atomic mass is 35.5. The van der Waals surface area contributed by atoms with E-state index in [1.807, 2.05) is 60.0 Å². The molecule has 9 nitrogen and oxygen atoms in total. The Morgan fingerprint density at radius 2 is 1.76 bits per heavy atom. The van der Waals surface area contributed by atoms with Crippen LogP contribution in [0.5, 0.6) is 5.75 Å². The van der Waals surface area contributed by atoms with Gasteiger partial charge in [-0.05, 0) is 41.8 Å². The van der Waals surface area contributed by atoms with E-state index in [1.165, 1.54) is 23.1 Å². The SMILES string of the molecule is [C-]#[N+]c1c(N)nc(SCc2csc(-c3ccc(Cl)cc3)n2)c(C#N)c1-c1ccc(OCCOC(=O)[C@@H](N)Cc2ccccc2)cc1. The van der Waals surface area contributed by atoms with Crippen LogP contribution < -0.4 is 16.2 Å². The van der Waals surface area contributed by atoms with Gasteiger partial charge in [-0.1, -0.05) is 78.0 Å². The summed E-state index contributed by atoms with van der Waals surface area (Å²) in [5, 5.41) is 14.0. The topological polar surface area (TPSA) is 142 Å². The summed E-state index contributed by atoms with van der Waals surface area (Å²) in [4.78, 5) is 25.0. The molecule has 0 radical (unpaired) electrons. The normalized spacial score (nSPS) is 11.3. The molecule has 4 N–H and O–H groups in total. The number of hydrogen-bond acceptors (Lipinski definition) is 10. The summed E-state index contributed by atoms with van der Waals surface area (Å²) in [7, 11) is 0. The van der Waals surface area contributed by atoms with Gasteiger partial charge in [-0.15, -0.1) is 11.3 Å². The van der Waals surface area contributed by atoms with E-state index in [0.717, 1.165) is 21.8 Å². The first-order valence-electron chi connectivity index (χ1n) is 14.0. The van der Waals surface area contributed by atoms with Crippen molar-refractivity contribution in [2.75, 3.05) is 18.9 Å². The first-order chi connectivity index (χ1) is 22.4. The van der Waals surface area contributed by atoms with Crippen LogP contribution in [0.1, 0.15) is 16.8 Å². The van der Waals surface area contributed by atoms with Crippen molar-refractivity contribution in [3.8, 4) is 33.5 Å². The van der Waals surface area contributed by atoms with E-state index >= 15 is 0 Å². The van der Waals surface area contributed by atoms with Crippen LogP contribution in [0.2, 0.25) is 5.02 Å². The summed E-state index contributed by atoms with van der Waals surface area (Å²) in [5.41, 5.74) is 16.3. The number of esters is 1. The Kier molecular flexibility index (Phi) is 10.9. The lowest BCUT2D eigenvalue weighted by Crippen LogP contribution is -2.35. The van der Waals surface area contributed by atoms with E-state index in [-0.39, 0.29) is 30.3 Å². The second-order valence-corrected chi connectivity index (χ2v) is 12.2. The number of benzene rings is 3. The van der Waals surface area contributed by atoms with Crippen molar-refractivity contribution < 1.29 is 14.3 Å². The minimum absolute atomic E-state index is 0.0329. The van der Waals surface area contributed by atoms with Crippen LogP contribution in [0.4, 0.5) is 11.5 Å². The van der Waals surface area contributed by atoms with Crippen molar-refractivity contribution in [2.45, 2.75) is 23.2 Å². The molecular weight excluding hydrogens is 640 g/mol. The minimum Gasteiger partial charge on any atom is -0.490 e. The van der Waals surface area contributed by atoms with E-state index < -0.39 is 12.0 Å². The Labute approximate surface area is 279 Å². The van der Waals surface area contributed by atoms with Gasteiger partial charge in [0.05, 0.1) is 17.8 Å². The first kappa shape index (κ1) is 32.5. The van der Waals surface area contributed by atoms with Gasteiger partial charge in [0.25, 0.3) is 0 Å². The molecule has 46 heavy (non-hydrogen) atoms. The first-order valence-corrected chi connectivity index (χ1v) is 16.2. The van der Waals surface area contributed by atoms with Crippen LogP contribution in [-0.2, 0) is 21.7 Å². The number of halogens is 1. The molecule has 0 saturated heterocycles. The average molecular weight is 667 g/mol. The number of pyridine rings is 1. The van der Waals surface area contributed by atoms with Gasteiger partial charge in [-0.25, -0.2) is 14.8 Å². The lowest BCUT2D eigenvalue weighted by atomic mass is 10.00. The maximum Gasteiger partial charge on any atom is 0.323 e. The molecular formula is C34H27ClN6O3S2. The highest BCUT2D eigenvalue weighted by Crippen LogP contribution is 2.42. The summed E-state index contributed by atoms with van der Waals surface area (Å²) in [6.07, 6.45) is 0.384. The molecule has 0 aliphatic heterocycles. The number of thiazole rings is 1. The Morgan fingerprint density at radius 1 is 1.04 bits per heavy atom. The van der Waals surface area contributed by atoms with Crippen LogP contribution in [0, 0.1) is 17.9 Å². The number of carbonyl (C=O) groups is 1. The highest BCUT2D eigenvalue weighted by molar-refractivity contribution is 7.98. The second-order valence-electron chi connectivity index (χ2n) is 9.90. The van der Waals surface area contributed by atoms with Crippen LogP contribution in [0.3, 0.4) is 0 Å². The van der Waals surface area contributed by atoms with Gasteiger partial charge in [0, 0.05) is 27.3 Å². The van der Waals surface area contributed by atoms with Crippen molar-refractivity contribution in [3.63, 3.8) is 0 Å². The molecule has 2 heterocycles. The molecule has 12 heteroatoms. The fourth-order valence-electron chi connectivity index (χ4n) is 4.49. The molecule has 230 valence electrons. The molecule has 0 bridgehead atoms. The van der Waals surface area contributed by atoms with Crippen LogP contribution in [-0.4, -0.2) is 35.2 Å². The maximum atomic E-state index is 12.3. The molecule has 0 aliphatic carbocycles. The monoisotopic (exact) mass is 666 g/mol. The molecule has 3 aromatic carbocycles. The number of nitrogens with two attached hydrogens (primary N) is 2. The van der Waals surface area contributed by atoms with Crippen molar-refractivity contribution in [1.29, 1.82) is 5.26 Å². The second kappa shape index (κ2) is 15.4. The molecule has 0 unspecified atom stereocenters. The standard InChI is InChI=1S/C34H27ClN6O3S2/c1-39-30-29(22-9-13-26(14-10-22)43-15-16-44-34(42)28(37)17-21-5-3-2-4-6-21)27(18-36)33(41-31(30)38)46-20-25-19-45-32(40-25)23-7-11-24(35)12-8-23/h2-14,19,28H,15-17,20,37H2,(H2,38,41)/t28-/m0/s1. The molecule has 0 fully saturated rings. The fraction of sp³-hybridized carbons (Fsp3) is 0.147. The van der Waals surface area contributed by atoms with Gasteiger partial charge in [0.15, 0.2) is 0 Å². The number of aromatic nitrogens is 2. The molecule has 0 saturated carbocycles. The van der Waals surface area contributed by atoms with Crippen molar-refractivity contribution in [3.05, 3.63) is 118 Å². The molecule has 0 aliphatic rings. The average Bonchev–Trinajstić information content (AvgIpc) is 3.55. The number of nitrogen functional groups attached to an aromatic ring is 1. The van der Waals surface area contributed by atoms with Crippen LogP contribution in [0.15, 0.2) is 89.3 Å². The lowest BCUT2D eigenvalue weighted by Gasteiger charge is -2.14. The van der Waals surface area contributed by atoms with E-state index in [1.54, 1.807) is 24.3 Å². The van der Waals surface area contributed by atoms with Gasteiger partial charge in [0.1, 0.15) is 46.9 Å². The number of hydrogen-bond donors (Lipinski definition) is 2. The Balaban J connectivity index is 1.23.